The minimum Gasteiger partial charge on any atom is -0.354 e. The van der Waals surface area contributed by atoms with Gasteiger partial charge < -0.3 is 16.0 Å². The predicted octanol–water partition coefficient (Wildman–Crippen LogP) is 2.87. The van der Waals surface area contributed by atoms with Crippen LogP contribution in [0.4, 0.5) is 8.78 Å². The van der Waals surface area contributed by atoms with E-state index in [0.717, 1.165) is 37.8 Å². The zero-order valence-electron chi connectivity index (χ0n) is 16.0. The van der Waals surface area contributed by atoms with Crippen LogP contribution in [0.1, 0.15) is 49.4 Å². The van der Waals surface area contributed by atoms with Crippen LogP contribution in [0, 0.1) is 23.5 Å². The molecule has 1 saturated carbocycles. The van der Waals surface area contributed by atoms with Gasteiger partial charge >= 0.3 is 0 Å². The molecule has 4 unspecified atom stereocenters. The first-order valence-corrected chi connectivity index (χ1v) is 9.67. The van der Waals surface area contributed by atoms with Gasteiger partial charge in [0.15, 0.2) is 0 Å². The maximum absolute atomic E-state index is 14.2. The molecule has 1 aliphatic carbocycles. The molecule has 1 heterocycles. The average Bonchev–Trinajstić information content (AvgIpc) is 3.05. The Morgan fingerprint density at radius 3 is 2.68 bits per heavy atom. The standard InChI is InChI=1S/C20H27F2N3O2.ClH/c1-12(10-23)11-24-19(26)18-8-13-4-2-3-5-17(13)25(18)20(27)15-7-6-14(21)9-16(15)22;/h6-7,9,12-13,17-18H,2-5,8,10-11,23H2,1H3,(H,24,26);1H. The predicted molar refractivity (Wildman–Crippen MR) is 105 cm³/mol. The van der Waals surface area contributed by atoms with Gasteiger partial charge in [-0.05, 0) is 49.8 Å². The lowest BCUT2D eigenvalue weighted by atomic mass is 9.84. The number of halogens is 3. The van der Waals surface area contributed by atoms with Crippen LogP contribution in [-0.4, -0.2) is 41.9 Å². The molecule has 5 nitrogen and oxygen atoms in total. The van der Waals surface area contributed by atoms with E-state index in [1.54, 1.807) is 4.90 Å². The van der Waals surface area contributed by atoms with Crippen LogP contribution in [0.5, 0.6) is 0 Å². The lowest BCUT2D eigenvalue weighted by Gasteiger charge is -2.33. The Morgan fingerprint density at radius 1 is 1.29 bits per heavy atom. The fourth-order valence-electron chi connectivity index (χ4n) is 4.26. The Kier molecular flexibility index (Phi) is 7.78. The van der Waals surface area contributed by atoms with E-state index in [0.29, 0.717) is 25.6 Å². The maximum atomic E-state index is 14.2. The van der Waals surface area contributed by atoms with Crippen LogP contribution in [0.15, 0.2) is 18.2 Å². The van der Waals surface area contributed by atoms with Gasteiger partial charge in [-0.15, -0.1) is 12.4 Å². The molecule has 1 saturated heterocycles. The van der Waals surface area contributed by atoms with Crippen molar-refractivity contribution in [2.45, 2.75) is 51.1 Å². The highest BCUT2D eigenvalue weighted by atomic mass is 35.5. The second kappa shape index (κ2) is 9.65. The third-order valence-electron chi connectivity index (χ3n) is 5.81. The number of fused-ring (bicyclic) bond motifs is 1. The number of nitrogens with zero attached hydrogens (tertiary/aromatic N) is 1. The SMILES string of the molecule is CC(CN)CNC(=O)C1CC2CCCCC2N1C(=O)c1ccc(F)cc1F.Cl. The number of amides is 2. The first kappa shape index (κ1) is 22.6. The minimum absolute atomic E-state index is 0. The molecule has 3 N–H and O–H groups in total. The van der Waals surface area contributed by atoms with Crippen LogP contribution in [0.25, 0.3) is 0 Å². The Balaban J connectivity index is 0.00000280. The lowest BCUT2D eigenvalue weighted by molar-refractivity contribution is -0.125. The molecule has 1 aliphatic heterocycles. The molecule has 3 rings (SSSR count). The monoisotopic (exact) mass is 415 g/mol. The van der Waals surface area contributed by atoms with Crippen molar-refractivity contribution in [2.75, 3.05) is 13.1 Å². The number of rotatable bonds is 5. The zero-order valence-corrected chi connectivity index (χ0v) is 16.8. The first-order valence-electron chi connectivity index (χ1n) is 9.67. The largest absolute Gasteiger partial charge is 0.354 e. The minimum atomic E-state index is -0.893. The third kappa shape index (κ3) is 4.63. The molecule has 4 atom stereocenters. The topological polar surface area (TPSA) is 75.4 Å². The van der Waals surface area contributed by atoms with Crippen molar-refractivity contribution in [1.29, 1.82) is 0 Å². The summed E-state index contributed by atoms with van der Waals surface area (Å²) in [6.07, 6.45) is 4.41. The van der Waals surface area contributed by atoms with Gasteiger partial charge in [0.25, 0.3) is 5.91 Å². The van der Waals surface area contributed by atoms with Crippen LogP contribution >= 0.6 is 12.4 Å². The molecule has 0 radical (unpaired) electrons. The fraction of sp³-hybridized carbons (Fsp3) is 0.600. The van der Waals surface area contributed by atoms with Gasteiger partial charge in [0, 0.05) is 18.7 Å². The van der Waals surface area contributed by atoms with Crippen molar-refractivity contribution in [2.24, 2.45) is 17.6 Å². The van der Waals surface area contributed by atoms with E-state index in [4.69, 9.17) is 5.73 Å². The van der Waals surface area contributed by atoms with Gasteiger partial charge in [-0.1, -0.05) is 19.8 Å². The average molecular weight is 416 g/mol. The highest BCUT2D eigenvalue weighted by Crippen LogP contribution is 2.40. The number of hydrogen-bond acceptors (Lipinski definition) is 3. The Labute approximate surface area is 170 Å². The summed E-state index contributed by atoms with van der Waals surface area (Å²) >= 11 is 0. The number of nitrogens with two attached hydrogens (primary N) is 1. The molecule has 2 fully saturated rings. The van der Waals surface area contributed by atoms with Gasteiger partial charge in [0.05, 0.1) is 5.56 Å². The van der Waals surface area contributed by atoms with Gasteiger partial charge in [-0.3, -0.25) is 9.59 Å². The Bertz CT molecular complexity index is 719. The maximum Gasteiger partial charge on any atom is 0.257 e. The molecule has 0 spiro atoms. The number of benzene rings is 1. The van der Waals surface area contributed by atoms with E-state index in [2.05, 4.69) is 5.32 Å². The van der Waals surface area contributed by atoms with Gasteiger partial charge in [0.2, 0.25) is 5.91 Å². The Morgan fingerprint density at radius 2 is 2.00 bits per heavy atom. The van der Waals surface area contributed by atoms with E-state index in [1.165, 1.54) is 0 Å². The summed E-state index contributed by atoms with van der Waals surface area (Å²) in [7, 11) is 0. The van der Waals surface area contributed by atoms with Crippen molar-refractivity contribution >= 4 is 24.2 Å². The molecular formula is C20H28ClF2N3O2. The molecule has 1 aromatic rings. The van der Waals surface area contributed by atoms with Gasteiger partial charge in [-0.2, -0.15) is 0 Å². The zero-order chi connectivity index (χ0) is 19.6. The summed E-state index contributed by atoms with van der Waals surface area (Å²) < 4.78 is 27.4. The van der Waals surface area contributed by atoms with Crippen molar-refractivity contribution < 1.29 is 18.4 Å². The molecule has 8 heteroatoms. The molecule has 0 aromatic heterocycles. The highest BCUT2D eigenvalue weighted by molar-refractivity contribution is 5.98. The van der Waals surface area contributed by atoms with Gasteiger partial charge in [0.1, 0.15) is 17.7 Å². The van der Waals surface area contributed by atoms with E-state index in [9.17, 15) is 18.4 Å². The first-order chi connectivity index (χ1) is 12.9. The van der Waals surface area contributed by atoms with Crippen LogP contribution in [0.3, 0.4) is 0 Å². The Hall–Kier alpha value is -1.73. The molecule has 156 valence electrons. The molecule has 28 heavy (non-hydrogen) atoms. The second-order valence-electron chi connectivity index (χ2n) is 7.79. The molecule has 2 aliphatic rings. The molecule has 2 amide bonds. The summed E-state index contributed by atoms with van der Waals surface area (Å²) in [6.45, 7) is 2.83. The van der Waals surface area contributed by atoms with Crippen LogP contribution in [-0.2, 0) is 4.79 Å². The van der Waals surface area contributed by atoms with E-state index in [-0.39, 0.29) is 41.8 Å². The normalized spacial score (nSPS) is 24.9. The third-order valence-corrected chi connectivity index (χ3v) is 5.81. The summed E-state index contributed by atoms with van der Waals surface area (Å²) in [6, 6.07) is 2.25. The van der Waals surface area contributed by atoms with Gasteiger partial charge in [-0.25, -0.2) is 8.78 Å². The lowest BCUT2D eigenvalue weighted by Crippen LogP contribution is -2.50. The fourth-order valence-corrected chi connectivity index (χ4v) is 4.26. The van der Waals surface area contributed by atoms with Crippen LogP contribution < -0.4 is 11.1 Å². The number of hydrogen-bond donors (Lipinski definition) is 2. The van der Waals surface area contributed by atoms with Crippen molar-refractivity contribution in [3.63, 3.8) is 0 Å². The van der Waals surface area contributed by atoms with E-state index in [1.807, 2.05) is 6.92 Å². The van der Waals surface area contributed by atoms with Crippen molar-refractivity contribution in [1.82, 2.24) is 10.2 Å². The van der Waals surface area contributed by atoms with E-state index < -0.39 is 23.6 Å². The number of carbonyl (C=O) groups is 2. The smallest absolute Gasteiger partial charge is 0.257 e. The van der Waals surface area contributed by atoms with Crippen molar-refractivity contribution in [3.05, 3.63) is 35.4 Å². The molecular weight excluding hydrogens is 388 g/mol. The number of nitrogens with one attached hydrogen (secondary N) is 1. The second-order valence-corrected chi connectivity index (χ2v) is 7.79. The quantitative estimate of drug-likeness (QED) is 0.776. The summed E-state index contributed by atoms with van der Waals surface area (Å²) in [5, 5.41) is 2.88. The summed E-state index contributed by atoms with van der Waals surface area (Å²) in [5.41, 5.74) is 5.41. The summed E-state index contributed by atoms with van der Waals surface area (Å²) in [4.78, 5) is 27.4. The van der Waals surface area contributed by atoms with Crippen LogP contribution in [0.2, 0.25) is 0 Å². The van der Waals surface area contributed by atoms with Crippen molar-refractivity contribution in [3.8, 4) is 0 Å². The summed E-state index contributed by atoms with van der Waals surface area (Å²) in [5.74, 6) is -2.00. The van der Waals surface area contributed by atoms with E-state index >= 15 is 0 Å². The number of carbonyl (C=O) groups excluding carboxylic acids is 2. The molecule has 1 aromatic carbocycles. The number of likely N-dealkylation sites (tertiary alicyclic amines) is 1. The highest BCUT2D eigenvalue weighted by Gasteiger charge is 2.47. The molecule has 0 bridgehead atoms.